The van der Waals surface area contributed by atoms with E-state index in [9.17, 15) is 4.79 Å². The molecule has 2 heterocycles. The average molecular weight is 404 g/mol. The zero-order chi connectivity index (χ0) is 20.1. The lowest BCUT2D eigenvalue weighted by atomic mass is 10.1. The number of methoxy groups -OCH3 is 1. The molecule has 5 nitrogen and oxygen atoms in total. The van der Waals surface area contributed by atoms with Crippen LogP contribution in [0.4, 0.5) is 5.13 Å². The second kappa shape index (κ2) is 8.84. The number of nitrogens with zero attached hydrogens (tertiary/aromatic N) is 3. The lowest BCUT2D eigenvalue weighted by Crippen LogP contribution is -2.30. The van der Waals surface area contributed by atoms with Crippen LogP contribution in [-0.2, 0) is 17.8 Å². The molecule has 0 spiro atoms. The fourth-order valence-electron chi connectivity index (χ4n) is 3.16. The predicted molar refractivity (Wildman–Crippen MR) is 116 cm³/mol. The number of carbonyl (C=O) groups is 1. The van der Waals surface area contributed by atoms with Crippen LogP contribution in [0.5, 0.6) is 5.75 Å². The minimum absolute atomic E-state index is 0.0377. The smallest absolute Gasteiger partial charge is 0.229 e. The number of ether oxygens (including phenoxy) is 1. The molecule has 6 heteroatoms. The van der Waals surface area contributed by atoms with Crippen molar-refractivity contribution in [2.45, 2.75) is 19.4 Å². The van der Waals surface area contributed by atoms with Crippen LogP contribution in [-0.4, -0.2) is 23.0 Å². The van der Waals surface area contributed by atoms with E-state index in [0.717, 1.165) is 21.3 Å². The van der Waals surface area contributed by atoms with Gasteiger partial charge in [0.15, 0.2) is 5.13 Å². The molecule has 2 aromatic heterocycles. The molecule has 0 unspecified atom stereocenters. The van der Waals surface area contributed by atoms with Crippen LogP contribution < -0.4 is 9.64 Å². The van der Waals surface area contributed by atoms with Crippen molar-refractivity contribution >= 4 is 32.6 Å². The SMILES string of the molecule is COc1cccc2sc(N(Cc3cccnc3)C(=O)CCc3ccccc3)nc12. The maximum Gasteiger partial charge on any atom is 0.229 e. The molecule has 146 valence electrons. The van der Waals surface area contributed by atoms with Crippen molar-refractivity contribution < 1.29 is 9.53 Å². The van der Waals surface area contributed by atoms with E-state index in [4.69, 9.17) is 9.72 Å². The number of hydrogen-bond acceptors (Lipinski definition) is 5. The zero-order valence-electron chi connectivity index (χ0n) is 16.1. The molecule has 0 aliphatic rings. The summed E-state index contributed by atoms with van der Waals surface area (Å²) in [6.07, 6.45) is 4.62. The van der Waals surface area contributed by atoms with Crippen molar-refractivity contribution in [3.8, 4) is 5.75 Å². The summed E-state index contributed by atoms with van der Waals surface area (Å²) in [7, 11) is 1.63. The summed E-state index contributed by atoms with van der Waals surface area (Å²) in [6.45, 7) is 0.434. The molecule has 4 rings (SSSR count). The molecule has 1 amide bonds. The molecule has 0 radical (unpaired) electrons. The predicted octanol–water partition coefficient (Wildman–Crippen LogP) is 4.87. The number of hydrogen-bond donors (Lipinski definition) is 0. The third kappa shape index (κ3) is 4.43. The standard InChI is InChI=1S/C23H21N3O2S/c1-28-19-10-5-11-20-22(19)25-23(29-20)26(16-18-9-6-14-24-15-18)21(27)13-12-17-7-3-2-4-8-17/h2-11,14-15H,12-13,16H2,1H3. The van der Waals surface area contributed by atoms with Gasteiger partial charge in [0.05, 0.1) is 18.4 Å². The van der Waals surface area contributed by atoms with E-state index in [-0.39, 0.29) is 5.91 Å². The number of benzene rings is 2. The van der Waals surface area contributed by atoms with Crippen molar-refractivity contribution in [3.63, 3.8) is 0 Å². The van der Waals surface area contributed by atoms with Crippen molar-refractivity contribution in [1.82, 2.24) is 9.97 Å². The Balaban J connectivity index is 1.63. The number of rotatable bonds is 7. The highest BCUT2D eigenvalue weighted by Crippen LogP contribution is 2.35. The molecule has 4 aromatic rings. The van der Waals surface area contributed by atoms with Crippen molar-refractivity contribution in [2.24, 2.45) is 0 Å². The van der Waals surface area contributed by atoms with E-state index < -0.39 is 0 Å². The van der Waals surface area contributed by atoms with Gasteiger partial charge in [-0.2, -0.15) is 0 Å². The van der Waals surface area contributed by atoms with Gasteiger partial charge >= 0.3 is 0 Å². The number of amides is 1. The summed E-state index contributed by atoms with van der Waals surface area (Å²) >= 11 is 1.50. The van der Waals surface area contributed by atoms with Gasteiger partial charge in [-0.15, -0.1) is 0 Å². The maximum absolute atomic E-state index is 13.2. The second-order valence-corrected chi connectivity index (χ2v) is 7.64. The van der Waals surface area contributed by atoms with Crippen LogP contribution in [0.1, 0.15) is 17.5 Å². The van der Waals surface area contributed by atoms with Crippen LogP contribution in [0, 0.1) is 0 Å². The van der Waals surface area contributed by atoms with Crippen molar-refractivity contribution in [1.29, 1.82) is 0 Å². The van der Waals surface area contributed by atoms with Gasteiger partial charge in [0, 0.05) is 18.8 Å². The normalized spacial score (nSPS) is 10.8. The summed E-state index contributed by atoms with van der Waals surface area (Å²) in [5, 5.41) is 0.673. The second-order valence-electron chi connectivity index (χ2n) is 6.63. The number of thiazole rings is 1. The van der Waals surface area contributed by atoms with Gasteiger partial charge in [-0.25, -0.2) is 4.98 Å². The van der Waals surface area contributed by atoms with Crippen molar-refractivity contribution in [2.75, 3.05) is 12.0 Å². The molecule has 0 fully saturated rings. The van der Waals surface area contributed by atoms with Gasteiger partial charge in [-0.3, -0.25) is 14.7 Å². The molecular weight excluding hydrogens is 382 g/mol. The lowest BCUT2D eigenvalue weighted by molar-refractivity contribution is -0.118. The topological polar surface area (TPSA) is 55.3 Å². The molecule has 0 bridgehead atoms. The molecule has 0 aliphatic carbocycles. The Bertz CT molecular complexity index is 1100. The number of para-hydroxylation sites is 1. The Morgan fingerprint density at radius 3 is 2.62 bits per heavy atom. The first kappa shape index (κ1) is 19.1. The van der Waals surface area contributed by atoms with E-state index in [1.165, 1.54) is 11.3 Å². The first-order valence-corrected chi connectivity index (χ1v) is 10.2. The van der Waals surface area contributed by atoms with Crippen LogP contribution in [0.25, 0.3) is 10.2 Å². The number of pyridine rings is 1. The minimum atomic E-state index is 0.0377. The summed E-state index contributed by atoms with van der Waals surface area (Å²) < 4.78 is 6.43. The summed E-state index contributed by atoms with van der Waals surface area (Å²) in [5.41, 5.74) is 2.89. The third-order valence-corrected chi connectivity index (χ3v) is 5.70. The average Bonchev–Trinajstić information content (AvgIpc) is 3.21. The third-order valence-electron chi connectivity index (χ3n) is 4.66. The van der Waals surface area contributed by atoms with E-state index in [1.807, 2.05) is 60.7 Å². The minimum Gasteiger partial charge on any atom is -0.494 e. The highest BCUT2D eigenvalue weighted by Gasteiger charge is 2.21. The fourth-order valence-corrected chi connectivity index (χ4v) is 4.16. The largest absolute Gasteiger partial charge is 0.494 e. The molecular formula is C23H21N3O2S. The highest BCUT2D eigenvalue weighted by molar-refractivity contribution is 7.22. The van der Waals surface area contributed by atoms with Crippen LogP contribution in [0.15, 0.2) is 73.1 Å². The summed E-state index contributed by atoms with van der Waals surface area (Å²) in [4.78, 5) is 23.9. The van der Waals surface area contributed by atoms with E-state index >= 15 is 0 Å². The number of aromatic nitrogens is 2. The van der Waals surface area contributed by atoms with Gasteiger partial charge in [-0.05, 0) is 35.7 Å². The molecule has 0 N–H and O–H groups in total. The monoisotopic (exact) mass is 403 g/mol. The number of aryl methyl sites for hydroxylation is 1. The Morgan fingerprint density at radius 2 is 1.86 bits per heavy atom. The molecule has 29 heavy (non-hydrogen) atoms. The van der Waals surface area contributed by atoms with Gasteiger partial charge in [0.2, 0.25) is 5.91 Å². The van der Waals surface area contributed by atoms with Crippen LogP contribution in [0.2, 0.25) is 0 Å². The fraction of sp³-hybridized carbons (Fsp3) is 0.174. The maximum atomic E-state index is 13.2. The first-order chi connectivity index (χ1) is 14.2. The Labute approximate surface area is 173 Å². The summed E-state index contributed by atoms with van der Waals surface area (Å²) in [5.74, 6) is 0.749. The molecule has 0 saturated carbocycles. The lowest BCUT2D eigenvalue weighted by Gasteiger charge is -2.20. The van der Waals surface area contributed by atoms with Gasteiger partial charge in [0.25, 0.3) is 0 Å². The zero-order valence-corrected chi connectivity index (χ0v) is 16.9. The Hall–Kier alpha value is -3.25. The van der Waals surface area contributed by atoms with Crippen molar-refractivity contribution in [3.05, 3.63) is 84.2 Å². The van der Waals surface area contributed by atoms with Crippen LogP contribution in [0.3, 0.4) is 0 Å². The van der Waals surface area contributed by atoms with Crippen LogP contribution >= 0.6 is 11.3 Å². The first-order valence-electron chi connectivity index (χ1n) is 9.41. The number of carbonyl (C=O) groups excluding carboxylic acids is 1. The van der Waals surface area contributed by atoms with E-state index in [0.29, 0.717) is 30.3 Å². The number of anilines is 1. The molecule has 0 atom stereocenters. The van der Waals surface area contributed by atoms with E-state index in [2.05, 4.69) is 4.98 Å². The molecule has 0 aliphatic heterocycles. The molecule has 2 aromatic carbocycles. The summed E-state index contributed by atoms with van der Waals surface area (Å²) in [6, 6.07) is 19.7. The Kier molecular flexibility index (Phi) is 5.81. The van der Waals surface area contributed by atoms with Gasteiger partial charge in [0.1, 0.15) is 11.3 Å². The van der Waals surface area contributed by atoms with Gasteiger partial charge < -0.3 is 4.74 Å². The Morgan fingerprint density at radius 1 is 1.03 bits per heavy atom. The highest BCUT2D eigenvalue weighted by atomic mass is 32.1. The van der Waals surface area contributed by atoms with E-state index in [1.54, 1.807) is 24.4 Å². The molecule has 0 saturated heterocycles. The quantitative estimate of drug-likeness (QED) is 0.442. The number of fused-ring (bicyclic) bond motifs is 1. The van der Waals surface area contributed by atoms with Gasteiger partial charge in [-0.1, -0.05) is 53.8 Å².